The Labute approximate surface area is 174 Å². The lowest BCUT2D eigenvalue weighted by Gasteiger charge is -2.33. The fourth-order valence-corrected chi connectivity index (χ4v) is 3.87. The number of allylic oxidation sites excluding steroid dienone is 1. The number of hydrogen-bond donors (Lipinski definition) is 1. The molecule has 0 aromatic rings. The molecule has 1 saturated heterocycles. The first-order valence-corrected chi connectivity index (χ1v) is 9.69. The third kappa shape index (κ3) is 4.11. The summed E-state index contributed by atoms with van der Waals surface area (Å²) in [6, 6.07) is 0. The van der Waals surface area contributed by atoms with Crippen molar-refractivity contribution < 1.29 is 38.4 Å². The lowest BCUT2D eigenvalue weighted by Crippen LogP contribution is -2.41. The van der Waals surface area contributed by atoms with E-state index in [0.717, 1.165) is 0 Å². The Balaban J connectivity index is 1.94. The Morgan fingerprint density at radius 3 is 2.73 bits per heavy atom. The van der Waals surface area contributed by atoms with Gasteiger partial charge in [0.15, 0.2) is 0 Å². The summed E-state index contributed by atoms with van der Waals surface area (Å²) in [7, 11) is 0. The molecule has 2 bridgehead atoms. The van der Waals surface area contributed by atoms with E-state index in [1.165, 1.54) is 19.1 Å². The number of hydrogen-bond acceptors (Lipinski definition) is 8. The largest absolute Gasteiger partial charge is 0.461 e. The Bertz CT molecular complexity index is 882. The molecule has 3 heterocycles. The zero-order chi connectivity index (χ0) is 22.3. The van der Waals surface area contributed by atoms with Crippen LogP contribution in [0.4, 0.5) is 0 Å². The van der Waals surface area contributed by atoms with Crippen molar-refractivity contribution in [3.05, 3.63) is 47.6 Å². The van der Waals surface area contributed by atoms with Gasteiger partial charge in [-0.1, -0.05) is 18.7 Å². The number of aliphatic hydroxyl groups is 1. The van der Waals surface area contributed by atoms with Crippen LogP contribution in [0.5, 0.6) is 0 Å². The Morgan fingerprint density at radius 1 is 1.40 bits per heavy atom. The molecule has 0 aromatic heterocycles. The van der Waals surface area contributed by atoms with Crippen LogP contribution in [0.3, 0.4) is 0 Å². The summed E-state index contributed by atoms with van der Waals surface area (Å²) in [6.07, 6.45) is 4.88. The van der Waals surface area contributed by atoms with Gasteiger partial charge in [0.05, 0.1) is 17.1 Å². The van der Waals surface area contributed by atoms with Gasteiger partial charge < -0.3 is 24.1 Å². The quantitative estimate of drug-likeness (QED) is 0.319. The van der Waals surface area contributed by atoms with Crippen molar-refractivity contribution in [2.45, 2.75) is 57.7 Å². The van der Waals surface area contributed by atoms with Crippen LogP contribution in [0.25, 0.3) is 0 Å². The number of carbonyl (C=O) groups excluding carboxylic acids is 3. The fourth-order valence-electron chi connectivity index (χ4n) is 3.87. The van der Waals surface area contributed by atoms with E-state index in [9.17, 15) is 19.5 Å². The Hall–Kier alpha value is -2.71. The predicted molar refractivity (Wildman–Crippen MR) is 105 cm³/mol. The normalized spacial score (nSPS) is 35.6. The summed E-state index contributed by atoms with van der Waals surface area (Å²) in [5.74, 6) is -4.08. The van der Waals surface area contributed by atoms with Gasteiger partial charge in [-0.2, -0.15) is 0 Å². The van der Waals surface area contributed by atoms with Gasteiger partial charge in [0, 0.05) is 18.9 Å². The average Bonchev–Trinajstić information content (AvgIpc) is 3.11. The molecule has 162 valence electrons. The smallest absolute Gasteiger partial charge is 0.337 e. The van der Waals surface area contributed by atoms with Crippen molar-refractivity contribution >= 4 is 17.9 Å². The van der Waals surface area contributed by atoms with E-state index in [1.54, 1.807) is 32.9 Å². The van der Waals surface area contributed by atoms with E-state index >= 15 is 0 Å². The van der Waals surface area contributed by atoms with Crippen LogP contribution in [0.1, 0.15) is 34.1 Å². The molecule has 3 rings (SSSR count). The van der Waals surface area contributed by atoms with Crippen LogP contribution in [-0.2, 0) is 33.3 Å². The fraction of sp³-hybridized carbons (Fsp3) is 0.500. The zero-order valence-corrected chi connectivity index (χ0v) is 17.5. The number of fused-ring (bicyclic) bond motifs is 3. The number of carbonyl (C=O) groups is 3. The van der Waals surface area contributed by atoms with Gasteiger partial charge in [-0.3, -0.25) is 4.79 Å². The molecule has 0 spiro atoms. The van der Waals surface area contributed by atoms with Gasteiger partial charge in [0.2, 0.25) is 5.79 Å². The summed E-state index contributed by atoms with van der Waals surface area (Å²) in [4.78, 5) is 36.1. The van der Waals surface area contributed by atoms with Crippen LogP contribution < -0.4 is 0 Å². The van der Waals surface area contributed by atoms with E-state index in [0.29, 0.717) is 5.57 Å². The minimum absolute atomic E-state index is 0.153. The highest BCUT2D eigenvalue weighted by Crippen LogP contribution is 2.44. The highest BCUT2D eigenvalue weighted by Gasteiger charge is 2.52. The van der Waals surface area contributed by atoms with Crippen LogP contribution in [0.15, 0.2) is 47.6 Å². The molecule has 0 aromatic carbocycles. The van der Waals surface area contributed by atoms with Crippen LogP contribution >= 0.6 is 0 Å². The van der Waals surface area contributed by atoms with E-state index in [4.69, 9.17) is 18.9 Å². The molecular formula is C22H26O8. The highest BCUT2D eigenvalue weighted by molar-refractivity contribution is 5.92. The molecule has 3 aliphatic heterocycles. The van der Waals surface area contributed by atoms with Gasteiger partial charge >= 0.3 is 17.9 Å². The summed E-state index contributed by atoms with van der Waals surface area (Å²) in [6.45, 7) is 9.90. The lowest BCUT2D eigenvalue weighted by molar-refractivity contribution is -0.188. The minimum Gasteiger partial charge on any atom is -0.461 e. The molecule has 8 heteroatoms. The molecule has 0 radical (unpaired) electrons. The first-order chi connectivity index (χ1) is 14.0. The van der Waals surface area contributed by atoms with Crippen LogP contribution in [0, 0.1) is 5.92 Å². The maximum atomic E-state index is 12.8. The molecule has 3 aliphatic rings. The summed E-state index contributed by atoms with van der Waals surface area (Å²) < 4.78 is 22.0. The first-order valence-electron chi connectivity index (χ1n) is 9.69. The van der Waals surface area contributed by atoms with Crippen LogP contribution in [-0.4, -0.2) is 53.2 Å². The second-order valence-corrected chi connectivity index (χ2v) is 7.96. The Kier molecular flexibility index (Phi) is 5.75. The zero-order valence-electron chi connectivity index (χ0n) is 17.5. The lowest BCUT2D eigenvalue weighted by atomic mass is 9.83. The number of ether oxygens (including phenoxy) is 4. The highest BCUT2D eigenvalue weighted by atomic mass is 16.6. The van der Waals surface area contributed by atoms with Crippen molar-refractivity contribution in [1.82, 2.24) is 0 Å². The molecular weight excluding hydrogens is 392 g/mol. The van der Waals surface area contributed by atoms with Gasteiger partial charge in [0.25, 0.3) is 0 Å². The molecule has 30 heavy (non-hydrogen) atoms. The standard InChI is InChI=1S/C22H26O8/c1-6-15(11-27-14(4)23)20(25)29-17-10-21(5)7-8-22(26,30-21)12(2)9-16-18(17)13(3)19(24)28-16/h6-9,16-18,26H,3,10-11H2,1-2,4-5H3. The van der Waals surface area contributed by atoms with Gasteiger partial charge in [-0.05, 0) is 38.5 Å². The summed E-state index contributed by atoms with van der Waals surface area (Å²) in [5.41, 5.74) is -0.160. The monoisotopic (exact) mass is 418 g/mol. The third-order valence-corrected chi connectivity index (χ3v) is 5.60. The van der Waals surface area contributed by atoms with E-state index in [1.807, 2.05) is 0 Å². The molecule has 5 atom stereocenters. The summed E-state index contributed by atoms with van der Waals surface area (Å²) >= 11 is 0. The first kappa shape index (κ1) is 22.0. The van der Waals surface area contributed by atoms with E-state index in [2.05, 4.69) is 6.58 Å². The predicted octanol–water partition coefficient (Wildman–Crippen LogP) is 1.89. The molecule has 1 N–H and O–H groups in total. The van der Waals surface area contributed by atoms with Crippen molar-refractivity contribution in [3.8, 4) is 0 Å². The third-order valence-electron chi connectivity index (χ3n) is 5.60. The number of rotatable bonds is 4. The Morgan fingerprint density at radius 2 is 2.10 bits per heavy atom. The molecule has 0 aliphatic carbocycles. The molecule has 8 nitrogen and oxygen atoms in total. The van der Waals surface area contributed by atoms with Crippen molar-refractivity contribution in [3.63, 3.8) is 0 Å². The van der Waals surface area contributed by atoms with E-state index < -0.39 is 47.4 Å². The van der Waals surface area contributed by atoms with Gasteiger partial charge in [0.1, 0.15) is 18.8 Å². The van der Waals surface area contributed by atoms with Crippen molar-refractivity contribution in [1.29, 1.82) is 0 Å². The molecule has 5 unspecified atom stereocenters. The molecule has 0 saturated carbocycles. The maximum absolute atomic E-state index is 12.8. The second-order valence-electron chi connectivity index (χ2n) is 7.96. The SMILES string of the molecule is C=C1C(=O)OC2C=C(C)C3(O)C=CC(C)(CC(OC(=O)C(=CC)COC(C)=O)C12)O3. The average molecular weight is 418 g/mol. The summed E-state index contributed by atoms with van der Waals surface area (Å²) in [5, 5.41) is 10.8. The van der Waals surface area contributed by atoms with Crippen LogP contribution in [0.2, 0.25) is 0 Å². The maximum Gasteiger partial charge on any atom is 0.337 e. The minimum atomic E-state index is -1.64. The molecule has 1 fully saturated rings. The van der Waals surface area contributed by atoms with Gasteiger partial charge in [-0.15, -0.1) is 0 Å². The molecule has 0 amide bonds. The van der Waals surface area contributed by atoms with Crippen molar-refractivity contribution in [2.75, 3.05) is 6.61 Å². The van der Waals surface area contributed by atoms with E-state index in [-0.39, 0.29) is 24.2 Å². The number of esters is 3. The topological polar surface area (TPSA) is 108 Å². The van der Waals surface area contributed by atoms with Crippen molar-refractivity contribution in [2.24, 2.45) is 5.92 Å². The second kappa shape index (κ2) is 7.85. The van der Waals surface area contributed by atoms with Gasteiger partial charge in [-0.25, -0.2) is 9.59 Å².